The molecule has 0 unspecified atom stereocenters. The molecule has 3 rings (SSSR count). The lowest BCUT2D eigenvalue weighted by Gasteiger charge is -2.19. The molecule has 2 aromatic carbocycles. The minimum Gasteiger partial charge on any atom is -0.459 e. The number of nitrogens with one attached hydrogen (secondary N) is 2. The van der Waals surface area contributed by atoms with Gasteiger partial charge in [-0.1, -0.05) is 13.0 Å². The van der Waals surface area contributed by atoms with Gasteiger partial charge in [0.25, 0.3) is 5.56 Å². The molecule has 0 saturated carbocycles. The fourth-order valence-corrected chi connectivity index (χ4v) is 4.21. The molecule has 11 nitrogen and oxygen atoms in total. The van der Waals surface area contributed by atoms with Gasteiger partial charge in [-0.15, -0.1) is 0 Å². The van der Waals surface area contributed by atoms with Crippen LogP contribution in [0.25, 0.3) is 10.9 Å². The summed E-state index contributed by atoms with van der Waals surface area (Å²) in [6, 6.07) is 11.6. The molecule has 12 heteroatoms. The summed E-state index contributed by atoms with van der Waals surface area (Å²) in [7, 11) is -2.41. The van der Waals surface area contributed by atoms with Crippen LogP contribution < -0.4 is 15.6 Å². The van der Waals surface area contributed by atoms with Crippen LogP contribution in [0.3, 0.4) is 0 Å². The molecule has 2 N–H and O–H groups in total. The van der Waals surface area contributed by atoms with Gasteiger partial charge in [0.05, 0.1) is 34.2 Å². The van der Waals surface area contributed by atoms with Crippen LogP contribution in [0.4, 0.5) is 17.1 Å². The molecule has 0 radical (unpaired) electrons. The second kappa shape index (κ2) is 10.3. The number of anilines is 3. The van der Waals surface area contributed by atoms with Crippen LogP contribution >= 0.6 is 0 Å². The number of fused-ring (bicyclic) bond motifs is 1. The van der Waals surface area contributed by atoms with Crippen LogP contribution in [-0.4, -0.2) is 47.4 Å². The van der Waals surface area contributed by atoms with Gasteiger partial charge < -0.3 is 10.1 Å². The van der Waals surface area contributed by atoms with E-state index in [0.29, 0.717) is 16.9 Å². The Morgan fingerprint density at radius 1 is 1.22 bits per heavy atom. The molecule has 1 heterocycles. The van der Waals surface area contributed by atoms with Crippen LogP contribution in [0.1, 0.15) is 33.3 Å². The SMILES string of the molecule is CCN(C)S(=O)(=O)Nc1cccc(Nc2ccc3ncn(CC(=O)OC(C)(C)C)c(=O)c3c2)c1C#N. The van der Waals surface area contributed by atoms with E-state index >= 15 is 0 Å². The molecule has 0 saturated heterocycles. The van der Waals surface area contributed by atoms with Gasteiger partial charge in [-0.25, -0.2) is 4.98 Å². The fourth-order valence-electron chi connectivity index (χ4n) is 3.27. The lowest BCUT2D eigenvalue weighted by Crippen LogP contribution is -2.32. The van der Waals surface area contributed by atoms with Crippen molar-refractivity contribution in [2.45, 2.75) is 39.8 Å². The van der Waals surface area contributed by atoms with Crippen molar-refractivity contribution in [2.24, 2.45) is 0 Å². The third-order valence-electron chi connectivity index (χ3n) is 5.09. The van der Waals surface area contributed by atoms with E-state index in [1.807, 2.05) is 6.07 Å². The number of nitriles is 1. The number of carbonyl (C=O) groups excluding carboxylic acids is 1. The average Bonchev–Trinajstić information content (AvgIpc) is 2.79. The van der Waals surface area contributed by atoms with E-state index in [9.17, 15) is 23.3 Å². The number of nitrogens with zero attached hydrogens (tertiary/aromatic N) is 4. The van der Waals surface area contributed by atoms with Gasteiger partial charge in [-0.2, -0.15) is 18.0 Å². The third kappa shape index (κ3) is 6.18. The summed E-state index contributed by atoms with van der Waals surface area (Å²) < 4.78 is 34.9. The maximum atomic E-state index is 13.0. The topological polar surface area (TPSA) is 146 Å². The molecular weight excluding hydrogens is 484 g/mol. The lowest BCUT2D eigenvalue weighted by molar-refractivity contribution is -0.155. The van der Waals surface area contributed by atoms with Crippen LogP contribution in [0.15, 0.2) is 47.5 Å². The third-order valence-corrected chi connectivity index (χ3v) is 6.65. The first-order valence-corrected chi connectivity index (χ1v) is 12.5. The summed E-state index contributed by atoms with van der Waals surface area (Å²) in [5.74, 6) is -0.563. The minimum atomic E-state index is -3.83. The highest BCUT2D eigenvalue weighted by atomic mass is 32.2. The van der Waals surface area contributed by atoms with Gasteiger partial charge in [0.1, 0.15) is 18.2 Å². The Morgan fingerprint density at radius 3 is 2.56 bits per heavy atom. The molecule has 0 amide bonds. The van der Waals surface area contributed by atoms with Crippen molar-refractivity contribution in [1.29, 1.82) is 5.26 Å². The fraction of sp³-hybridized carbons (Fsp3) is 0.333. The summed E-state index contributed by atoms with van der Waals surface area (Å²) in [6.45, 7) is 6.87. The summed E-state index contributed by atoms with van der Waals surface area (Å²) in [4.78, 5) is 29.4. The number of carbonyl (C=O) groups is 1. The monoisotopic (exact) mass is 512 g/mol. The Labute approximate surface area is 209 Å². The number of benzene rings is 2. The van der Waals surface area contributed by atoms with Crippen LogP contribution in [-0.2, 0) is 26.3 Å². The maximum Gasteiger partial charge on any atom is 0.326 e. The predicted molar refractivity (Wildman–Crippen MR) is 137 cm³/mol. The number of hydrogen-bond donors (Lipinski definition) is 2. The number of rotatable bonds is 8. The van der Waals surface area contributed by atoms with Gasteiger partial charge in [-0.3, -0.25) is 18.9 Å². The van der Waals surface area contributed by atoms with Crippen molar-refractivity contribution in [2.75, 3.05) is 23.6 Å². The highest BCUT2D eigenvalue weighted by Gasteiger charge is 2.20. The van der Waals surface area contributed by atoms with Gasteiger partial charge in [0.15, 0.2) is 0 Å². The Kier molecular flexibility index (Phi) is 7.66. The van der Waals surface area contributed by atoms with Crippen molar-refractivity contribution in [1.82, 2.24) is 13.9 Å². The first-order valence-electron chi connectivity index (χ1n) is 11.1. The van der Waals surface area contributed by atoms with Crippen molar-refractivity contribution in [3.63, 3.8) is 0 Å². The standard InChI is InChI=1S/C24H28N6O5S/c1-6-29(5)36(33,34)28-21-9-7-8-20(18(21)13-25)27-16-10-11-19-17(12-16)23(32)30(15-26-19)14-22(31)35-24(2,3)4/h7-12,15,27-28H,6,14H2,1-5H3. The van der Waals surface area contributed by atoms with Crippen LogP contribution in [0.5, 0.6) is 0 Å². The predicted octanol–water partition coefficient (Wildman–Crippen LogP) is 2.96. The van der Waals surface area contributed by atoms with E-state index in [2.05, 4.69) is 15.0 Å². The second-order valence-corrected chi connectivity index (χ2v) is 10.8. The quantitative estimate of drug-likeness (QED) is 0.438. The van der Waals surface area contributed by atoms with E-state index in [1.54, 1.807) is 58.0 Å². The molecule has 1 aromatic heterocycles. The normalized spacial score (nSPS) is 11.8. The summed E-state index contributed by atoms with van der Waals surface area (Å²) >= 11 is 0. The number of ether oxygens (including phenoxy) is 1. The molecule has 0 aliphatic rings. The van der Waals surface area contributed by atoms with Crippen molar-refractivity contribution < 1.29 is 17.9 Å². The first kappa shape index (κ1) is 26.7. The van der Waals surface area contributed by atoms with Crippen molar-refractivity contribution in [3.05, 3.63) is 58.6 Å². The summed E-state index contributed by atoms with van der Waals surface area (Å²) in [5.41, 5.74) is 0.321. The molecular formula is C24H28N6O5S. The minimum absolute atomic E-state index is 0.0826. The van der Waals surface area contributed by atoms with E-state index in [0.717, 1.165) is 4.31 Å². The van der Waals surface area contributed by atoms with Gasteiger partial charge in [0, 0.05) is 19.3 Å². The first-order chi connectivity index (χ1) is 16.8. The number of esters is 1. The van der Waals surface area contributed by atoms with E-state index in [-0.39, 0.29) is 29.7 Å². The Bertz CT molecular complexity index is 1500. The number of hydrogen-bond acceptors (Lipinski definition) is 8. The van der Waals surface area contributed by atoms with Gasteiger partial charge in [-0.05, 0) is 51.1 Å². The molecule has 0 aliphatic heterocycles. The summed E-state index contributed by atoms with van der Waals surface area (Å²) in [6.07, 6.45) is 1.29. The van der Waals surface area contributed by atoms with Gasteiger partial charge >= 0.3 is 16.2 Å². The Balaban J connectivity index is 1.94. The zero-order valence-corrected chi connectivity index (χ0v) is 21.5. The lowest BCUT2D eigenvalue weighted by atomic mass is 10.1. The van der Waals surface area contributed by atoms with E-state index < -0.39 is 27.3 Å². The second-order valence-electron chi connectivity index (χ2n) is 8.98. The molecule has 0 aliphatic carbocycles. The molecule has 0 spiro atoms. The molecule has 0 fully saturated rings. The van der Waals surface area contributed by atoms with Crippen molar-refractivity contribution in [3.8, 4) is 6.07 Å². The highest BCUT2D eigenvalue weighted by molar-refractivity contribution is 7.90. The van der Waals surface area contributed by atoms with Crippen LogP contribution in [0, 0.1) is 11.3 Å². The highest BCUT2D eigenvalue weighted by Crippen LogP contribution is 2.28. The van der Waals surface area contributed by atoms with Gasteiger partial charge in [0.2, 0.25) is 0 Å². The zero-order valence-electron chi connectivity index (χ0n) is 20.7. The number of aromatic nitrogens is 2. The van der Waals surface area contributed by atoms with E-state index in [1.165, 1.54) is 24.0 Å². The Hall–Kier alpha value is -3.95. The molecule has 0 bridgehead atoms. The molecule has 3 aromatic rings. The smallest absolute Gasteiger partial charge is 0.326 e. The summed E-state index contributed by atoms with van der Waals surface area (Å²) in [5, 5.41) is 13.1. The zero-order chi connectivity index (χ0) is 26.7. The molecule has 190 valence electrons. The largest absolute Gasteiger partial charge is 0.459 e. The van der Waals surface area contributed by atoms with Crippen LogP contribution in [0.2, 0.25) is 0 Å². The maximum absolute atomic E-state index is 13.0. The molecule has 36 heavy (non-hydrogen) atoms. The van der Waals surface area contributed by atoms with E-state index in [4.69, 9.17) is 4.74 Å². The average molecular weight is 513 g/mol. The Morgan fingerprint density at radius 2 is 1.92 bits per heavy atom. The van der Waals surface area contributed by atoms with Crippen molar-refractivity contribution >= 4 is 44.1 Å². The molecule has 0 atom stereocenters.